The first-order valence-electron chi connectivity index (χ1n) is 7.89. The third-order valence-corrected chi connectivity index (χ3v) is 5.01. The molecule has 0 fully saturated rings. The fourth-order valence-corrected chi connectivity index (χ4v) is 3.21. The summed E-state index contributed by atoms with van der Waals surface area (Å²) in [6.07, 6.45) is 0. The summed E-state index contributed by atoms with van der Waals surface area (Å²) in [5.41, 5.74) is 1.21. The molecule has 0 aromatic heterocycles. The predicted octanol–water partition coefficient (Wildman–Crippen LogP) is 2.14. The molecule has 138 valence electrons. The molecule has 0 radical (unpaired) electrons. The second kappa shape index (κ2) is 6.93. The number of urea groups is 1. The number of anilines is 1. The lowest BCUT2D eigenvalue weighted by atomic mass is 10.1. The van der Waals surface area contributed by atoms with Gasteiger partial charge in [-0.05, 0) is 36.8 Å². The standard InChI is InChI=1S/C17H18FN3O4S/c1-11(12-2-5-14(6-3-12)26(19,23)24)20-17(22)21-8-9-25-16-10-13(18)4-7-15(16)21/h2-7,10-11H,8-9H2,1H3,(H,20,22)(H2,19,23,24)/t11-/m0/s1. The number of benzene rings is 2. The van der Waals surface area contributed by atoms with E-state index in [1.807, 2.05) is 0 Å². The minimum atomic E-state index is -3.76. The van der Waals surface area contributed by atoms with E-state index in [0.29, 0.717) is 18.0 Å². The van der Waals surface area contributed by atoms with Gasteiger partial charge in [-0.1, -0.05) is 12.1 Å². The quantitative estimate of drug-likeness (QED) is 0.853. The number of rotatable bonds is 3. The van der Waals surface area contributed by atoms with Gasteiger partial charge in [0, 0.05) is 6.07 Å². The first-order valence-corrected chi connectivity index (χ1v) is 9.43. The molecule has 0 unspecified atom stereocenters. The van der Waals surface area contributed by atoms with Crippen molar-refractivity contribution >= 4 is 21.7 Å². The van der Waals surface area contributed by atoms with Crippen molar-refractivity contribution in [2.75, 3.05) is 18.1 Å². The number of nitrogens with two attached hydrogens (primary N) is 1. The van der Waals surface area contributed by atoms with Crippen LogP contribution in [-0.2, 0) is 10.0 Å². The molecule has 2 aromatic rings. The topological polar surface area (TPSA) is 102 Å². The van der Waals surface area contributed by atoms with Crippen LogP contribution in [-0.4, -0.2) is 27.6 Å². The van der Waals surface area contributed by atoms with Crippen LogP contribution < -0.4 is 20.1 Å². The van der Waals surface area contributed by atoms with Gasteiger partial charge in [-0.25, -0.2) is 22.7 Å². The summed E-state index contributed by atoms with van der Waals surface area (Å²) >= 11 is 0. The maximum Gasteiger partial charge on any atom is 0.322 e. The number of nitrogens with one attached hydrogen (secondary N) is 1. The van der Waals surface area contributed by atoms with Crippen molar-refractivity contribution < 1.29 is 22.3 Å². The Morgan fingerprint density at radius 2 is 1.96 bits per heavy atom. The number of ether oxygens (including phenoxy) is 1. The van der Waals surface area contributed by atoms with Crippen molar-refractivity contribution in [3.05, 3.63) is 53.8 Å². The second-order valence-corrected chi connectivity index (χ2v) is 7.46. The van der Waals surface area contributed by atoms with Crippen LogP contribution in [0.3, 0.4) is 0 Å². The molecular formula is C17H18FN3O4S. The Morgan fingerprint density at radius 1 is 1.27 bits per heavy atom. The molecule has 0 saturated heterocycles. The summed E-state index contributed by atoms with van der Waals surface area (Å²) in [6.45, 7) is 2.37. The summed E-state index contributed by atoms with van der Waals surface area (Å²) in [5.74, 6) is -0.120. The van der Waals surface area contributed by atoms with Gasteiger partial charge in [-0.3, -0.25) is 4.90 Å². The highest BCUT2D eigenvalue weighted by Crippen LogP contribution is 2.32. The molecule has 1 heterocycles. The lowest BCUT2D eigenvalue weighted by Gasteiger charge is -2.30. The molecular weight excluding hydrogens is 361 g/mol. The Labute approximate surface area is 150 Å². The fraction of sp³-hybridized carbons (Fsp3) is 0.235. The fourth-order valence-electron chi connectivity index (χ4n) is 2.70. The Kier molecular flexibility index (Phi) is 4.84. The lowest BCUT2D eigenvalue weighted by molar-refractivity contribution is 0.237. The monoisotopic (exact) mass is 379 g/mol. The highest BCUT2D eigenvalue weighted by atomic mass is 32.2. The number of hydrogen-bond donors (Lipinski definition) is 2. The van der Waals surface area contributed by atoms with Crippen LogP contribution in [0.5, 0.6) is 5.75 Å². The SMILES string of the molecule is C[C@H](NC(=O)N1CCOc2cc(F)ccc21)c1ccc(S(N)(=O)=O)cc1. The number of sulfonamides is 1. The molecule has 1 atom stereocenters. The van der Waals surface area contributed by atoms with Gasteiger partial charge in [-0.15, -0.1) is 0 Å². The minimum Gasteiger partial charge on any atom is -0.489 e. The van der Waals surface area contributed by atoms with Gasteiger partial charge >= 0.3 is 6.03 Å². The molecule has 2 amide bonds. The van der Waals surface area contributed by atoms with Crippen LogP contribution in [0.4, 0.5) is 14.9 Å². The Balaban J connectivity index is 1.74. The van der Waals surface area contributed by atoms with E-state index < -0.39 is 15.8 Å². The van der Waals surface area contributed by atoms with E-state index >= 15 is 0 Å². The molecule has 3 rings (SSSR count). The van der Waals surface area contributed by atoms with Gasteiger partial charge in [0.2, 0.25) is 10.0 Å². The van der Waals surface area contributed by atoms with E-state index in [2.05, 4.69) is 5.32 Å². The third-order valence-electron chi connectivity index (χ3n) is 4.08. The second-order valence-electron chi connectivity index (χ2n) is 5.90. The molecule has 26 heavy (non-hydrogen) atoms. The molecule has 0 saturated carbocycles. The third kappa shape index (κ3) is 3.78. The summed E-state index contributed by atoms with van der Waals surface area (Å²) in [4.78, 5) is 14.1. The summed E-state index contributed by atoms with van der Waals surface area (Å²) in [7, 11) is -3.76. The molecule has 2 aromatic carbocycles. The average molecular weight is 379 g/mol. The summed E-state index contributed by atoms with van der Waals surface area (Å²) in [6, 6.07) is 9.23. The zero-order chi connectivity index (χ0) is 18.9. The van der Waals surface area contributed by atoms with Crippen molar-refractivity contribution in [3.63, 3.8) is 0 Å². The maximum atomic E-state index is 13.3. The van der Waals surface area contributed by atoms with E-state index in [9.17, 15) is 17.6 Å². The van der Waals surface area contributed by atoms with Crippen molar-refractivity contribution in [2.24, 2.45) is 5.14 Å². The molecule has 3 N–H and O–H groups in total. The molecule has 0 bridgehead atoms. The van der Waals surface area contributed by atoms with E-state index in [4.69, 9.17) is 9.88 Å². The Morgan fingerprint density at radius 3 is 2.62 bits per heavy atom. The van der Waals surface area contributed by atoms with Crippen LogP contribution >= 0.6 is 0 Å². The zero-order valence-corrected chi connectivity index (χ0v) is 14.8. The Bertz CT molecular complexity index is 932. The van der Waals surface area contributed by atoms with Crippen molar-refractivity contribution in [1.29, 1.82) is 0 Å². The van der Waals surface area contributed by atoms with Crippen LogP contribution in [0.2, 0.25) is 0 Å². The number of halogens is 1. The lowest BCUT2D eigenvalue weighted by Crippen LogP contribution is -2.45. The van der Waals surface area contributed by atoms with Crippen molar-refractivity contribution in [2.45, 2.75) is 17.9 Å². The number of primary sulfonamides is 1. The zero-order valence-electron chi connectivity index (χ0n) is 14.0. The van der Waals surface area contributed by atoms with E-state index in [1.165, 1.54) is 35.2 Å². The summed E-state index contributed by atoms with van der Waals surface area (Å²) in [5, 5.41) is 7.91. The van der Waals surface area contributed by atoms with Crippen molar-refractivity contribution in [1.82, 2.24) is 5.32 Å². The van der Waals surface area contributed by atoms with Gasteiger partial charge in [0.25, 0.3) is 0 Å². The van der Waals surface area contributed by atoms with Gasteiger partial charge in [0.15, 0.2) is 0 Å². The minimum absolute atomic E-state index is 0.00362. The predicted molar refractivity (Wildman–Crippen MR) is 94.0 cm³/mol. The van der Waals surface area contributed by atoms with E-state index in [-0.39, 0.29) is 23.6 Å². The molecule has 1 aliphatic rings. The number of carbonyl (C=O) groups is 1. The number of carbonyl (C=O) groups excluding carboxylic acids is 1. The highest BCUT2D eigenvalue weighted by Gasteiger charge is 2.25. The molecule has 7 nitrogen and oxygen atoms in total. The normalized spacial score (nSPS) is 15.0. The number of nitrogens with zero attached hydrogens (tertiary/aromatic N) is 1. The van der Waals surface area contributed by atoms with Gasteiger partial charge in [0.05, 0.1) is 23.2 Å². The van der Waals surface area contributed by atoms with Gasteiger partial charge < -0.3 is 10.1 Å². The summed E-state index contributed by atoms with van der Waals surface area (Å²) < 4.78 is 41.3. The molecule has 9 heteroatoms. The van der Waals surface area contributed by atoms with Crippen LogP contribution in [0, 0.1) is 5.82 Å². The first kappa shape index (κ1) is 18.2. The van der Waals surface area contributed by atoms with Crippen LogP contribution in [0.25, 0.3) is 0 Å². The number of amides is 2. The number of hydrogen-bond acceptors (Lipinski definition) is 4. The van der Waals surface area contributed by atoms with E-state index in [0.717, 1.165) is 5.56 Å². The largest absolute Gasteiger partial charge is 0.489 e. The molecule has 0 spiro atoms. The van der Waals surface area contributed by atoms with Crippen molar-refractivity contribution in [3.8, 4) is 5.75 Å². The number of fused-ring (bicyclic) bond motifs is 1. The first-order chi connectivity index (χ1) is 12.3. The maximum absolute atomic E-state index is 13.3. The van der Waals surface area contributed by atoms with E-state index in [1.54, 1.807) is 19.1 Å². The molecule has 0 aliphatic carbocycles. The van der Waals surface area contributed by atoms with Gasteiger partial charge in [-0.2, -0.15) is 0 Å². The highest BCUT2D eigenvalue weighted by molar-refractivity contribution is 7.89. The van der Waals surface area contributed by atoms with Gasteiger partial charge in [0.1, 0.15) is 18.2 Å². The van der Waals surface area contributed by atoms with Crippen LogP contribution in [0.1, 0.15) is 18.5 Å². The Hall–Kier alpha value is -2.65. The van der Waals surface area contributed by atoms with Crippen LogP contribution in [0.15, 0.2) is 47.4 Å². The molecule has 1 aliphatic heterocycles. The average Bonchev–Trinajstić information content (AvgIpc) is 2.60. The smallest absolute Gasteiger partial charge is 0.322 e.